The lowest BCUT2D eigenvalue weighted by atomic mass is 9.71. The van der Waals surface area contributed by atoms with Crippen LogP contribution >= 0.6 is 0 Å². The van der Waals surface area contributed by atoms with Gasteiger partial charge in [-0.3, -0.25) is 4.79 Å². The minimum absolute atomic E-state index is 0.210. The van der Waals surface area contributed by atoms with Crippen LogP contribution in [0.3, 0.4) is 0 Å². The minimum Gasteiger partial charge on any atom is -0.371 e. The summed E-state index contributed by atoms with van der Waals surface area (Å²) in [5, 5.41) is 3.59. The van der Waals surface area contributed by atoms with E-state index in [0.29, 0.717) is 34.0 Å². The SMILES string of the molecule is C=CCn1c(=O)c2cnc(Nc3ccc(N4CCC5(CCN(C)CC5)CC4)cc3)nc2n1-c1cccc(N2CC(F)(F)C2)n1. The number of anilines is 4. The molecule has 0 atom stereocenters. The Hall–Kier alpha value is -4.32. The predicted octanol–water partition coefficient (Wildman–Crippen LogP) is 4.67. The number of allylic oxidation sites excluding steroid dienone is 1. The van der Waals surface area contributed by atoms with Gasteiger partial charge < -0.3 is 20.0 Å². The number of aromatic nitrogens is 5. The summed E-state index contributed by atoms with van der Waals surface area (Å²) in [7, 11) is 2.22. The zero-order valence-corrected chi connectivity index (χ0v) is 24.9. The fourth-order valence-electron chi connectivity index (χ4n) is 6.71. The molecule has 3 fully saturated rings. The number of nitrogens with one attached hydrogen (secondary N) is 1. The van der Waals surface area contributed by atoms with E-state index < -0.39 is 5.92 Å². The summed E-state index contributed by atoms with van der Waals surface area (Å²) in [5.41, 5.74) is 2.61. The number of likely N-dealkylation sites (tertiary alicyclic amines) is 1. The van der Waals surface area contributed by atoms with E-state index in [1.807, 2.05) is 12.1 Å². The highest BCUT2D eigenvalue weighted by Crippen LogP contribution is 2.42. The van der Waals surface area contributed by atoms with Gasteiger partial charge in [0.25, 0.3) is 11.5 Å². The van der Waals surface area contributed by atoms with Crippen molar-refractivity contribution in [2.45, 2.75) is 38.2 Å². The molecule has 4 aromatic rings. The summed E-state index contributed by atoms with van der Waals surface area (Å²) in [6.45, 7) is 7.77. The molecule has 10 nitrogen and oxygen atoms in total. The third-order valence-electron chi connectivity index (χ3n) is 9.44. The van der Waals surface area contributed by atoms with Gasteiger partial charge in [0.15, 0.2) is 11.5 Å². The summed E-state index contributed by atoms with van der Waals surface area (Å²) >= 11 is 0. The monoisotopic (exact) mass is 601 g/mol. The Morgan fingerprint density at radius 3 is 2.30 bits per heavy atom. The van der Waals surface area contributed by atoms with Gasteiger partial charge in [-0.1, -0.05) is 12.1 Å². The van der Waals surface area contributed by atoms with Gasteiger partial charge in [0.05, 0.1) is 19.6 Å². The summed E-state index contributed by atoms with van der Waals surface area (Å²) in [5.74, 6) is -1.59. The van der Waals surface area contributed by atoms with Crippen LogP contribution in [0.2, 0.25) is 0 Å². The highest BCUT2D eigenvalue weighted by atomic mass is 19.3. The zero-order chi connectivity index (χ0) is 30.5. The molecule has 3 aliphatic rings. The van der Waals surface area contributed by atoms with Crippen LogP contribution in [0.25, 0.3) is 16.9 Å². The topological polar surface area (TPSA) is 87.3 Å². The fraction of sp³-hybridized carbons (Fsp3) is 0.438. The highest BCUT2D eigenvalue weighted by Gasteiger charge is 2.44. The van der Waals surface area contributed by atoms with Crippen LogP contribution in [0.1, 0.15) is 25.7 Å². The van der Waals surface area contributed by atoms with E-state index in [-0.39, 0.29) is 25.2 Å². The molecule has 44 heavy (non-hydrogen) atoms. The largest absolute Gasteiger partial charge is 0.371 e. The van der Waals surface area contributed by atoms with E-state index in [2.05, 4.69) is 50.8 Å². The van der Waals surface area contributed by atoms with Crippen molar-refractivity contribution in [3.63, 3.8) is 0 Å². The van der Waals surface area contributed by atoms with Gasteiger partial charge in [-0.05, 0) is 87.6 Å². The number of hydrogen-bond donors (Lipinski definition) is 1. The zero-order valence-electron chi connectivity index (χ0n) is 24.9. The molecule has 1 N–H and O–H groups in total. The number of hydrogen-bond acceptors (Lipinski definition) is 8. The summed E-state index contributed by atoms with van der Waals surface area (Å²) < 4.78 is 30.1. The molecule has 0 unspecified atom stereocenters. The molecule has 3 aliphatic heterocycles. The lowest BCUT2D eigenvalue weighted by Crippen LogP contribution is -2.56. The number of pyridine rings is 1. The van der Waals surface area contributed by atoms with Crippen molar-refractivity contribution in [3.05, 3.63) is 71.7 Å². The number of piperidine rings is 2. The Balaban J connectivity index is 1.11. The lowest BCUT2D eigenvalue weighted by Gasteiger charge is -2.46. The van der Waals surface area contributed by atoms with Crippen LogP contribution in [0.4, 0.5) is 31.9 Å². The van der Waals surface area contributed by atoms with Crippen molar-refractivity contribution in [1.82, 2.24) is 29.2 Å². The molecule has 3 saturated heterocycles. The van der Waals surface area contributed by atoms with Gasteiger partial charge in [0.1, 0.15) is 11.2 Å². The smallest absolute Gasteiger partial charge is 0.282 e. The number of rotatable bonds is 7. The predicted molar refractivity (Wildman–Crippen MR) is 169 cm³/mol. The molecule has 3 aromatic heterocycles. The third-order valence-corrected chi connectivity index (χ3v) is 9.44. The van der Waals surface area contributed by atoms with Crippen molar-refractivity contribution in [2.75, 3.05) is 61.4 Å². The average molecular weight is 602 g/mol. The molecular weight excluding hydrogens is 564 g/mol. The van der Waals surface area contributed by atoms with Crippen molar-refractivity contribution in [2.24, 2.45) is 5.41 Å². The molecule has 0 bridgehead atoms. The van der Waals surface area contributed by atoms with Gasteiger partial charge in [-0.15, -0.1) is 6.58 Å². The van der Waals surface area contributed by atoms with Crippen molar-refractivity contribution in [3.8, 4) is 5.82 Å². The first-order chi connectivity index (χ1) is 21.2. The molecular formula is C32H37F2N9O. The van der Waals surface area contributed by atoms with Gasteiger partial charge in [-0.25, -0.2) is 28.1 Å². The highest BCUT2D eigenvalue weighted by molar-refractivity contribution is 5.77. The number of alkyl halides is 2. The Morgan fingerprint density at radius 1 is 0.932 bits per heavy atom. The number of benzene rings is 1. The van der Waals surface area contributed by atoms with Crippen molar-refractivity contribution >= 4 is 34.2 Å². The average Bonchev–Trinajstić information content (AvgIpc) is 3.29. The first-order valence-corrected chi connectivity index (χ1v) is 15.2. The van der Waals surface area contributed by atoms with Crippen LogP contribution in [-0.4, -0.2) is 81.5 Å². The van der Waals surface area contributed by atoms with Crippen molar-refractivity contribution in [1.29, 1.82) is 0 Å². The fourth-order valence-corrected chi connectivity index (χ4v) is 6.71. The van der Waals surface area contributed by atoms with E-state index in [0.717, 1.165) is 18.8 Å². The first-order valence-electron chi connectivity index (χ1n) is 15.2. The molecule has 1 aromatic carbocycles. The number of halogens is 2. The molecule has 0 radical (unpaired) electrons. The number of fused-ring (bicyclic) bond motifs is 1. The molecule has 12 heteroatoms. The summed E-state index contributed by atoms with van der Waals surface area (Å²) in [4.78, 5) is 33.5. The number of nitrogens with zero attached hydrogens (tertiary/aromatic N) is 8. The van der Waals surface area contributed by atoms with Gasteiger partial charge >= 0.3 is 0 Å². The standard InChI is InChI=1S/C32H37F2N9O/c1-3-15-42-29(44)25-20-35-30(38-28(25)43(42)27-6-4-5-26(37-27)41-21-32(33,34)22-41)36-23-7-9-24(10-8-23)40-18-13-31(14-19-40)11-16-39(2)17-12-31/h3-10,20H,1,11-19,21-22H2,2H3,(H,35,36,38). The van der Waals surface area contributed by atoms with Gasteiger partial charge in [-0.2, -0.15) is 4.98 Å². The summed E-state index contributed by atoms with van der Waals surface area (Å²) in [6.07, 6.45) is 8.20. The van der Waals surface area contributed by atoms with Gasteiger partial charge in [0, 0.05) is 30.7 Å². The molecule has 1 spiro atoms. The van der Waals surface area contributed by atoms with E-state index >= 15 is 0 Å². The molecule has 230 valence electrons. The minimum atomic E-state index is -2.72. The Kier molecular flexibility index (Phi) is 7.11. The maximum atomic E-state index is 13.5. The van der Waals surface area contributed by atoms with E-state index in [1.165, 1.54) is 60.2 Å². The van der Waals surface area contributed by atoms with Crippen LogP contribution in [0.5, 0.6) is 0 Å². The Morgan fingerprint density at radius 2 is 1.61 bits per heavy atom. The van der Waals surface area contributed by atoms with E-state index in [4.69, 9.17) is 4.98 Å². The van der Waals surface area contributed by atoms with Crippen LogP contribution in [0, 0.1) is 5.41 Å². The third kappa shape index (κ3) is 5.31. The quantitative estimate of drug-likeness (QED) is 0.306. The second-order valence-electron chi connectivity index (χ2n) is 12.4. The molecule has 7 rings (SSSR count). The van der Waals surface area contributed by atoms with E-state index in [9.17, 15) is 13.6 Å². The molecule has 0 amide bonds. The van der Waals surface area contributed by atoms with Crippen LogP contribution in [0.15, 0.2) is 66.1 Å². The van der Waals surface area contributed by atoms with E-state index in [1.54, 1.807) is 29.0 Å². The lowest BCUT2D eigenvalue weighted by molar-refractivity contribution is -0.0267. The van der Waals surface area contributed by atoms with Crippen molar-refractivity contribution < 1.29 is 8.78 Å². The normalized spacial score (nSPS) is 19.7. The maximum absolute atomic E-state index is 13.5. The maximum Gasteiger partial charge on any atom is 0.282 e. The second-order valence-corrected chi connectivity index (χ2v) is 12.4. The first kappa shape index (κ1) is 28.5. The molecule has 0 aliphatic carbocycles. The Labute approximate surface area is 254 Å². The van der Waals surface area contributed by atoms with Crippen LogP contribution < -0.4 is 20.7 Å². The van der Waals surface area contributed by atoms with Gasteiger partial charge in [0.2, 0.25) is 5.95 Å². The molecule has 0 saturated carbocycles. The molecule has 6 heterocycles. The Bertz CT molecular complexity index is 1720. The second kappa shape index (κ2) is 11.0. The summed E-state index contributed by atoms with van der Waals surface area (Å²) in [6, 6.07) is 13.4. The van der Waals surface area contributed by atoms with Crippen LogP contribution in [-0.2, 0) is 6.54 Å².